The maximum atomic E-state index is 10.8. The van der Waals surface area contributed by atoms with E-state index in [4.69, 9.17) is 4.98 Å². The molecule has 0 amide bonds. The summed E-state index contributed by atoms with van der Waals surface area (Å²) in [5.41, 5.74) is 8.39. The van der Waals surface area contributed by atoms with E-state index in [-0.39, 0.29) is 0 Å². The zero-order chi connectivity index (χ0) is 26.4. The van der Waals surface area contributed by atoms with Crippen molar-refractivity contribution in [2.75, 3.05) is 0 Å². The van der Waals surface area contributed by atoms with E-state index in [0.29, 0.717) is 6.42 Å². The number of aromatic nitrogens is 1. The Balaban J connectivity index is 1.68. The van der Waals surface area contributed by atoms with Gasteiger partial charge >= 0.3 is 0 Å². The number of unbranched alkanes of at least 4 members (excludes halogenated alkanes) is 4. The predicted molar refractivity (Wildman–Crippen MR) is 159 cm³/mol. The fourth-order valence-electron chi connectivity index (χ4n) is 6.43. The van der Waals surface area contributed by atoms with Gasteiger partial charge in [0, 0.05) is 5.69 Å². The van der Waals surface area contributed by atoms with Crippen molar-refractivity contribution in [1.29, 1.82) is 5.26 Å². The fourth-order valence-corrected chi connectivity index (χ4v) is 6.43. The maximum absolute atomic E-state index is 10.8. The minimum absolute atomic E-state index is 0.593. The standard InChI is InChI=1S/C36H40N2/c1-3-5-8-21-31-33(22-9-6-4-2)38-35-32(34(31)28-16-10-7-11-17-28)23-24-36(35,26-37)25-29-19-14-18-27-15-12-13-20-30(27)29/h7,10-20H,3-6,8-9,21-25H2,1-2H3. The van der Waals surface area contributed by atoms with Gasteiger partial charge in [-0.1, -0.05) is 112 Å². The number of hydrogen-bond acceptors (Lipinski definition) is 2. The second kappa shape index (κ2) is 12.0. The Morgan fingerprint density at radius 1 is 0.816 bits per heavy atom. The Kier molecular flexibility index (Phi) is 8.23. The van der Waals surface area contributed by atoms with Gasteiger partial charge in [0.15, 0.2) is 0 Å². The number of pyridine rings is 1. The molecule has 1 aliphatic carbocycles. The summed E-state index contributed by atoms with van der Waals surface area (Å²) < 4.78 is 0. The third-order valence-corrected chi connectivity index (χ3v) is 8.44. The minimum Gasteiger partial charge on any atom is -0.256 e. The normalized spacial score (nSPS) is 16.4. The van der Waals surface area contributed by atoms with Crippen LogP contribution in [0.4, 0.5) is 0 Å². The first kappa shape index (κ1) is 26.2. The molecule has 194 valence electrons. The lowest BCUT2D eigenvalue weighted by molar-refractivity contribution is 0.527. The molecule has 0 saturated heterocycles. The number of fused-ring (bicyclic) bond motifs is 2. The van der Waals surface area contributed by atoms with Crippen LogP contribution in [-0.2, 0) is 31.1 Å². The van der Waals surface area contributed by atoms with E-state index in [1.165, 1.54) is 76.4 Å². The summed E-state index contributed by atoms with van der Waals surface area (Å²) in [7, 11) is 0. The Bertz CT molecular complexity index is 1420. The van der Waals surface area contributed by atoms with Crippen molar-refractivity contribution < 1.29 is 0 Å². The third kappa shape index (κ3) is 5.12. The molecule has 0 saturated carbocycles. The van der Waals surface area contributed by atoms with Crippen molar-refractivity contribution in [2.24, 2.45) is 0 Å². The number of rotatable bonds is 11. The quantitative estimate of drug-likeness (QED) is 0.192. The summed E-state index contributed by atoms with van der Waals surface area (Å²) >= 11 is 0. The van der Waals surface area contributed by atoms with Crippen LogP contribution >= 0.6 is 0 Å². The Morgan fingerprint density at radius 2 is 1.53 bits per heavy atom. The molecule has 5 rings (SSSR count). The topological polar surface area (TPSA) is 36.7 Å². The van der Waals surface area contributed by atoms with Gasteiger partial charge in [-0.05, 0) is 83.5 Å². The highest BCUT2D eigenvalue weighted by Gasteiger charge is 2.43. The van der Waals surface area contributed by atoms with Crippen LogP contribution < -0.4 is 0 Å². The number of hydrogen-bond donors (Lipinski definition) is 0. The molecule has 0 spiro atoms. The summed E-state index contributed by atoms with van der Waals surface area (Å²) in [5.74, 6) is 0. The van der Waals surface area contributed by atoms with Crippen LogP contribution in [0.5, 0.6) is 0 Å². The fraction of sp³-hybridized carbons (Fsp3) is 0.389. The van der Waals surface area contributed by atoms with Gasteiger partial charge in [0.05, 0.1) is 11.8 Å². The molecule has 1 aliphatic rings. The first-order chi connectivity index (χ1) is 18.7. The Hall–Kier alpha value is -3.44. The molecule has 0 bridgehead atoms. The van der Waals surface area contributed by atoms with Crippen LogP contribution in [-0.4, -0.2) is 4.98 Å². The summed E-state index contributed by atoms with van der Waals surface area (Å²) in [4.78, 5) is 5.47. The zero-order valence-electron chi connectivity index (χ0n) is 23.1. The summed E-state index contributed by atoms with van der Waals surface area (Å²) in [5, 5.41) is 13.3. The molecule has 38 heavy (non-hydrogen) atoms. The molecule has 0 radical (unpaired) electrons. The summed E-state index contributed by atoms with van der Waals surface area (Å²) in [6, 6.07) is 28.8. The molecule has 1 heterocycles. The molecule has 0 fully saturated rings. The van der Waals surface area contributed by atoms with E-state index in [1.807, 2.05) is 0 Å². The number of nitriles is 1. The molecular formula is C36H40N2. The Labute approximate surface area is 228 Å². The SMILES string of the molecule is CCCCCc1nc2c(c(-c3ccccc3)c1CCCCC)CCC2(C#N)Cc1cccc2ccccc12. The minimum atomic E-state index is -0.593. The van der Waals surface area contributed by atoms with Gasteiger partial charge in [-0.3, -0.25) is 4.98 Å². The largest absolute Gasteiger partial charge is 0.256 e. The molecule has 2 heteroatoms. The van der Waals surface area contributed by atoms with Crippen LogP contribution in [0.25, 0.3) is 21.9 Å². The van der Waals surface area contributed by atoms with Crippen molar-refractivity contribution in [2.45, 2.75) is 89.9 Å². The number of aryl methyl sites for hydroxylation is 1. The van der Waals surface area contributed by atoms with Gasteiger partial charge in [0.1, 0.15) is 5.41 Å². The van der Waals surface area contributed by atoms with Gasteiger partial charge in [-0.15, -0.1) is 0 Å². The zero-order valence-corrected chi connectivity index (χ0v) is 23.1. The number of benzene rings is 3. The Morgan fingerprint density at radius 3 is 2.29 bits per heavy atom. The van der Waals surface area contributed by atoms with Crippen molar-refractivity contribution in [3.8, 4) is 17.2 Å². The van der Waals surface area contributed by atoms with Crippen molar-refractivity contribution in [1.82, 2.24) is 4.98 Å². The molecular weight excluding hydrogens is 460 g/mol. The average Bonchev–Trinajstić information content (AvgIpc) is 3.32. The van der Waals surface area contributed by atoms with Gasteiger partial charge < -0.3 is 0 Å². The van der Waals surface area contributed by atoms with E-state index >= 15 is 0 Å². The highest BCUT2D eigenvalue weighted by molar-refractivity contribution is 5.86. The van der Waals surface area contributed by atoms with Gasteiger partial charge in [-0.25, -0.2) is 0 Å². The van der Waals surface area contributed by atoms with Crippen LogP contribution in [0.3, 0.4) is 0 Å². The average molecular weight is 501 g/mol. The highest BCUT2D eigenvalue weighted by atomic mass is 14.8. The lowest BCUT2D eigenvalue weighted by Gasteiger charge is -2.25. The molecule has 0 N–H and O–H groups in total. The van der Waals surface area contributed by atoms with Crippen LogP contribution in [0.2, 0.25) is 0 Å². The molecule has 3 aromatic carbocycles. The van der Waals surface area contributed by atoms with E-state index < -0.39 is 5.41 Å². The molecule has 1 atom stereocenters. The third-order valence-electron chi connectivity index (χ3n) is 8.44. The van der Waals surface area contributed by atoms with Crippen LogP contribution in [0, 0.1) is 11.3 Å². The van der Waals surface area contributed by atoms with Crippen molar-refractivity contribution in [3.05, 3.63) is 101 Å². The van der Waals surface area contributed by atoms with E-state index in [9.17, 15) is 5.26 Å². The first-order valence-corrected chi connectivity index (χ1v) is 14.7. The van der Waals surface area contributed by atoms with E-state index in [0.717, 1.165) is 37.8 Å². The van der Waals surface area contributed by atoms with E-state index in [1.54, 1.807) is 0 Å². The van der Waals surface area contributed by atoms with E-state index in [2.05, 4.69) is 92.7 Å². The second-order valence-electron chi connectivity index (χ2n) is 11.0. The highest BCUT2D eigenvalue weighted by Crippen LogP contribution is 2.46. The monoisotopic (exact) mass is 500 g/mol. The molecule has 4 aromatic rings. The van der Waals surface area contributed by atoms with Gasteiger partial charge in [0.25, 0.3) is 0 Å². The first-order valence-electron chi connectivity index (χ1n) is 14.7. The molecule has 0 aliphatic heterocycles. The number of nitrogens with zero attached hydrogens (tertiary/aromatic N) is 2. The van der Waals surface area contributed by atoms with Crippen LogP contribution in [0.1, 0.15) is 86.9 Å². The lowest BCUT2D eigenvalue weighted by atomic mass is 9.78. The van der Waals surface area contributed by atoms with Gasteiger partial charge in [0.2, 0.25) is 0 Å². The summed E-state index contributed by atoms with van der Waals surface area (Å²) in [6.45, 7) is 4.54. The lowest BCUT2D eigenvalue weighted by Crippen LogP contribution is -2.26. The van der Waals surface area contributed by atoms with Crippen LogP contribution in [0.15, 0.2) is 72.8 Å². The maximum Gasteiger partial charge on any atom is 0.104 e. The van der Waals surface area contributed by atoms with Crippen molar-refractivity contribution >= 4 is 10.8 Å². The molecule has 2 nitrogen and oxygen atoms in total. The second-order valence-corrected chi connectivity index (χ2v) is 11.0. The summed E-state index contributed by atoms with van der Waals surface area (Å²) in [6.07, 6.45) is 11.7. The molecule has 1 unspecified atom stereocenters. The smallest absolute Gasteiger partial charge is 0.104 e. The predicted octanol–water partition coefficient (Wildman–Crippen LogP) is 9.32. The van der Waals surface area contributed by atoms with Crippen molar-refractivity contribution in [3.63, 3.8) is 0 Å². The van der Waals surface area contributed by atoms with Gasteiger partial charge in [-0.2, -0.15) is 5.26 Å². The molecule has 1 aromatic heterocycles.